The van der Waals surface area contributed by atoms with Crippen LogP contribution < -0.4 is 19.1 Å². The lowest BCUT2D eigenvalue weighted by atomic mass is 10.0. The average molecular weight is 485 g/mol. The summed E-state index contributed by atoms with van der Waals surface area (Å²) in [6, 6.07) is 25.7. The van der Waals surface area contributed by atoms with Crippen LogP contribution in [0.1, 0.15) is 37.8 Å². The maximum atomic E-state index is 6.03. The molecule has 0 aliphatic carbocycles. The van der Waals surface area contributed by atoms with Gasteiger partial charge in [0.2, 0.25) is 6.79 Å². The third-order valence-electron chi connectivity index (χ3n) is 6.88. The van der Waals surface area contributed by atoms with Gasteiger partial charge in [-0.25, -0.2) is 0 Å². The number of ether oxygens (including phenoxy) is 3. The fourth-order valence-corrected chi connectivity index (χ4v) is 4.95. The van der Waals surface area contributed by atoms with Crippen molar-refractivity contribution in [3.8, 4) is 17.2 Å². The highest BCUT2D eigenvalue weighted by Gasteiger charge is 2.26. The van der Waals surface area contributed by atoms with E-state index in [0.29, 0.717) is 19.4 Å². The number of hydrogen-bond donors (Lipinski definition) is 0. The van der Waals surface area contributed by atoms with Gasteiger partial charge in [0.05, 0.1) is 0 Å². The Balaban J connectivity index is 1.26. The summed E-state index contributed by atoms with van der Waals surface area (Å²) in [6.07, 6.45) is 4.72. The summed E-state index contributed by atoms with van der Waals surface area (Å²) in [5.41, 5.74) is 5.04. The minimum absolute atomic E-state index is 0.319. The largest absolute Gasteiger partial charge is 0.489 e. The molecule has 1 fully saturated rings. The molecule has 5 heteroatoms. The Morgan fingerprint density at radius 3 is 2.58 bits per heavy atom. The van der Waals surface area contributed by atoms with Crippen LogP contribution in [0.3, 0.4) is 0 Å². The fraction of sp³-hybridized carbons (Fsp3) is 0.355. The van der Waals surface area contributed by atoms with Gasteiger partial charge >= 0.3 is 0 Å². The van der Waals surface area contributed by atoms with E-state index in [-0.39, 0.29) is 0 Å². The zero-order chi connectivity index (χ0) is 24.7. The first kappa shape index (κ1) is 24.3. The second-order valence-corrected chi connectivity index (χ2v) is 9.92. The lowest BCUT2D eigenvalue weighted by Crippen LogP contribution is -2.48. The van der Waals surface area contributed by atoms with E-state index >= 15 is 0 Å². The summed E-state index contributed by atoms with van der Waals surface area (Å²) >= 11 is 0. The summed E-state index contributed by atoms with van der Waals surface area (Å²) in [6.45, 7) is 9.24. The van der Waals surface area contributed by atoms with Crippen LogP contribution in [0.25, 0.3) is 0 Å². The van der Waals surface area contributed by atoms with Crippen molar-refractivity contribution in [2.24, 2.45) is 0 Å². The van der Waals surface area contributed by atoms with E-state index in [1.54, 1.807) is 0 Å². The van der Waals surface area contributed by atoms with Crippen LogP contribution in [0, 0.1) is 0 Å². The molecule has 36 heavy (non-hydrogen) atoms. The topological polar surface area (TPSA) is 34.2 Å². The molecule has 2 aliphatic rings. The lowest BCUT2D eigenvalue weighted by molar-refractivity contribution is 0.173. The van der Waals surface area contributed by atoms with E-state index < -0.39 is 0 Å². The van der Waals surface area contributed by atoms with Gasteiger partial charge in [0.15, 0.2) is 11.5 Å². The number of fused-ring (bicyclic) bond motifs is 1. The molecule has 1 saturated heterocycles. The smallest absolute Gasteiger partial charge is 0.231 e. The Morgan fingerprint density at radius 2 is 1.78 bits per heavy atom. The van der Waals surface area contributed by atoms with Crippen LogP contribution in [0.5, 0.6) is 17.2 Å². The zero-order valence-electron chi connectivity index (χ0n) is 21.4. The first-order valence-corrected chi connectivity index (χ1v) is 12.9. The highest BCUT2D eigenvalue weighted by molar-refractivity contribution is 5.51. The van der Waals surface area contributed by atoms with E-state index in [1.807, 2.05) is 24.3 Å². The Bertz CT molecular complexity index is 1160. The Kier molecular flexibility index (Phi) is 7.77. The fourth-order valence-electron chi connectivity index (χ4n) is 4.95. The molecule has 0 spiro atoms. The van der Waals surface area contributed by atoms with Crippen LogP contribution in [0.4, 0.5) is 5.69 Å². The van der Waals surface area contributed by atoms with Crippen LogP contribution >= 0.6 is 0 Å². The molecule has 5 nitrogen and oxygen atoms in total. The molecule has 0 N–H and O–H groups in total. The molecule has 1 atom stereocenters. The van der Waals surface area contributed by atoms with Crippen molar-refractivity contribution in [3.05, 3.63) is 95.6 Å². The first-order chi connectivity index (χ1) is 17.6. The van der Waals surface area contributed by atoms with E-state index in [2.05, 4.69) is 78.3 Å². The monoisotopic (exact) mass is 484 g/mol. The quantitative estimate of drug-likeness (QED) is 0.327. The predicted octanol–water partition coefficient (Wildman–Crippen LogP) is 6.43. The van der Waals surface area contributed by atoms with Gasteiger partial charge in [-0.3, -0.25) is 4.90 Å². The number of likely N-dealkylation sites (tertiary alicyclic amines) is 1. The van der Waals surface area contributed by atoms with E-state index in [1.165, 1.54) is 35.2 Å². The summed E-state index contributed by atoms with van der Waals surface area (Å²) in [4.78, 5) is 5.12. The maximum Gasteiger partial charge on any atom is 0.231 e. The van der Waals surface area contributed by atoms with Crippen LogP contribution in [0.2, 0.25) is 0 Å². The standard InChI is InChI=1S/C31H36N2O3/c1-24(2)16-18-33(27-11-13-29(14-12-27)34-22-25-7-4-3-5-8-25)28-9-6-17-32(21-28)20-26-10-15-30-31(19-26)36-23-35-30/h3-5,7-8,10-16,19,28H,6,9,17-18,20-23H2,1-2H3. The molecule has 2 heterocycles. The third kappa shape index (κ3) is 6.21. The Morgan fingerprint density at radius 1 is 0.972 bits per heavy atom. The first-order valence-electron chi connectivity index (χ1n) is 12.9. The third-order valence-corrected chi connectivity index (χ3v) is 6.88. The van der Waals surface area contributed by atoms with Crippen LogP contribution in [-0.2, 0) is 13.2 Å². The summed E-state index contributed by atoms with van der Waals surface area (Å²) in [7, 11) is 0. The summed E-state index contributed by atoms with van der Waals surface area (Å²) in [5.74, 6) is 2.61. The second-order valence-electron chi connectivity index (χ2n) is 9.92. The molecule has 0 saturated carbocycles. The Labute approximate surface area is 214 Å². The van der Waals surface area contributed by atoms with Gasteiger partial charge in [-0.1, -0.05) is 48.0 Å². The van der Waals surface area contributed by atoms with Crippen LogP contribution in [-0.4, -0.2) is 37.4 Å². The molecule has 3 aromatic carbocycles. The van der Waals surface area contributed by atoms with Gasteiger partial charge in [0.1, 0.15) is 12.4 Å². The molecule has 0 radical (unpaired) electrons. The van der Waals surface area contributed by atoms with Crippen molar-refractivity contribution in [2.45, 2.75) is 45.9 Å². The molecule has 1 unspecified atom stereocenters. The number of anilines is 1. The maximum absolute atomic E-state index is 6.03. The van der Waals surface area contributed by atoms with E-state index in [0.717, 1.165) is 43.4 Å². The van der Waals surface area contributed by atoms with Crippen molar-refractivity contribution in [1.29, 1.82) is 0 Å². The number of benzene rings is 3. The zero-order valence-corrected chi connectivity index (χ0v) is 21.4. The highest BCUT2D eigenvalue weighted by Crippen LogP contribution is 2.33. The predicted molar refractivity (Wildman–Crippen MR) is 145 cm³/mol. The molecule has 0 bridgehead atoms. The molecular weight excluding hydrogens is 448 g/mol. The SMILES string of the molecule is CC(C)=CCN(c1ccc(OCc2ccccc2)cc1)C1CCCN(Cc2ccc3c(c2)OCO3)C1. The Hall–Kier alpha value is -3.44. The van der Waals surface area contributed by atoms with Crippen molar-refractivity contribution in [2.75, 3.05) is 31.3 Å². The normalized spacial score (nSPS) is 17.0. The van der Waals surface area contributed by atoms with Crippen molar-refractivity contribution in [3.63, 3.8) is 0 Å². The van der Waals surface area contributed by atoms with Crippen molar-refractivity contribution >= 4 is 5.69 Å². The average Bonchev–Trinajstić information content (AvgIpc) is 3.37. The number of allylic oxidation sites excluding steroid dienone is 1. The minimum Gasteiger partial charge on any atom is -0.489 e. The molecule has 188 valence electrons. The van der Waals surface area contributed by atoms with Gasteiger partial charge in [-0.15, -0.1) is 0 Å². The number of nitrogens with zero attached hydrogens (tertiary/aromatic N) is 2. The molecule has 0 aromatic heterocycles. The summed E-state index contributed by atoms with van der Waals surface area (Å²) < 4.78 is 17.1. The highest BCUT2D eigenvalue weighted by atomic mass is 16.7. The number of rotatable bonds is 9. The lowest BCUT2D eigenvalue weighted by Gasteiger charge is -2.40. The van der Waals surface area contributed by atoms with Gasteiger partial charge < -0.3 is 19.1 Å². The number of piperidine rings is 1. The van der Waals surface area contributed by atoms with Crippen molar-refractivity contribution in [1.82, 2.24) is 4.90 Å². The van der Waals surface area contributed by atoms with Gasteiger partial charge in [0, 0.05) is 31.4 Å². The van der Waals surface area contributed by atoms with E-state index in [9.17, 15) is 0 Å². The number of hydrogen-bond acceptors (Lipinski definition) is 5. The molecule has 5 rings (SSSR count). The molecule has 3 aromatic rings. The van der Waals surface area contributed by atoms with Gasteiger partial charge in [0.25, 0.3) is 0 Å². The minimum atomic E-state index is 0.319. The van der Waals surface area contributed by atoms with Gasteiger partial charge in [-0.2, -0.15) is 0 Å². The molecule has 0 amide bonds. The van der Waals surface area contributed by atoms with Gasteiger partial charge in [-0.05, 0) is 80.8 Å². The van der Waals surface area contributed by atoms with Crippen molar-refractivity contribution < 1.29 is 14.2 Å². The molecule has 2 aliphatic heterocycles. The summed E-state index contributed by atoms with van der Waals surface area (Å²) in [5, 5.41) is 0. The van der Waals surface area contributed by atoms with Crippen LogP contribution in [0.15, 0.2) is 84.4 Å². The molecular formula is C31H36N2O3. The second kappa shape index (κ2) is 11.5. The van der Waals surface area contributed by atoms with E-state index in [4.69, 9.17) is 14.2 Å².